The molecule has 18 heavy (non-hydrogen) atoms. The van der Waals surface area contributed by atoms with Gasteiger partial charge in [0.25, 0.3) is 0 Å². The van der Waals surface area contributed by atoms with Crippen molar-refractivity contribution in [1.29, 1.82) is 0 Å². The van der Waals surface area contributed by atoms with E-state index in [0.29, 0.717) is 6.42 Å². The molecule has 1 aromatic heterocycles. The first kappa shape index (κ1) is 15.0. The van der Waals surface area contributed by atoms with Crippen LogP contribution in [0.5, 0.6) is 0 Å². The number of carbonyl (C=O) groups excluding carboxylic acids is 2. The van der Waals surface area contributed by atoms with E-state index < -0.39 is 11.3 Å². The van der Waals surface area contributed by atoms with Gasteiger partial charge in [0.05, 0.1) is 7.11 Å². The van der Waals surface area contributed by atoms with Crippen molar-refractivity contribution in [3.63, 3.8) is 0 Å². The molecule has 100 valence electrons. The van der Waals surface area contributed by atoms with Crippen LogP contribution in [-0.2, 0) is 20.7 Å². The van der Waals surface area contributed by atoms with Gasteiger partial charge in [0.15, 0.2) is 0 Å². The van der Waals surface area contributed by atoms with Crippen LogP contribution in [-0.4, -0.2) is 30.9 Å². The number of rotatable bonds is 7. The Bertz CT molecular complexity index is 381. The van der Waals surface area contributed by atoms with E-state index in [1.807, 2.05) is 11.4 Å². The first-order chi connectivity index (χ1) is 8.63. The summed E-state index contributed by atoms with van der Waals surface area (Å²) in [6.07, 6.45) is 2.12. The van der Waals surface area contributed by atoms with Crippen LogP contribution >= 0.6 is 22.9 Å². The average molecular weight is 290 g/mol. The molecule has 1 rings (SSSR count). The Kier molecular flexibility index (Phi) is 6.75. The lowest BCUT2D eigenvalue weighted by Gasteiger charge is -2.08. The molecular formula is C12H16ClNO3S. The zero-order valence-electron chi connectivity index (χ0n) is 10.1. The van der Waals surface area contributed by atoms with Crippen molar-refractivity contribution in [2.75, 3.05) is 13.7 Å². The molecule has 0 spiro atoms. The lowest BCUT2D eigenvalue weighted by Crippen LogP contribution is -2.34. The summed E-state index contributed by atoms with van der Waals surface area (Å²) < 4.78 is 4.45. The molecule has 0 saturated carbocycles. The minimum atomic E-state index is -0.823. The summed E-state index contributed by atoms with van der Waals surface area (Å²) in [6.45, 7) is 0.103. The maximum Gasteiger partial charge on any atom is 0.325 e. The first-order valence-corrected chi connectivity index (χ1v) is 6.96. The fraction of sp³-hybridized carbons (Fsp3) is 0.500. The standard InChI is InChI=1S/C12H16ClNO3S/c1-17-12(16)10(13)8-14-11(15)6-2-4-9-5-3-7-18-9/h3,5,7,10H,2,4,6,8H2,1H3,(H,14,15). The quantitative estimate of drug-likeness (QED) is 0.617. The number of aryl methyl sites for hydroxylation is 1. The molecule has 0 bridgehead atoms. The van der Waals surface area contributed by atoms with Crippen LogP contribution in [0.3, 0.4) is 0 Å². The molecule has 1 unspecified atom stereocenters. The van der Waals surface area contributed by atoms with E-state index in [0.717, 1.165) is 12.8 Å². The van der Waals surface area contributed by atoms with Crippen molar-refractivity contribution in [3.05, 3.63) is 22.4 Å². The maximum absolute atomic E-state index is 11.5. The van der Waals surface area contributed by atoms with Gasteiger partial charge < -0.3 is 10.1 Å². The van der Waals surface area contributed by atoms with Crippen LogP contribution in [0.15, 0.2) is 17.5 Å². The van der Waals surface area contributed by atoms with Crippen molar-refractivity contribution >= 4 is 34.8 Å². The number of hydrogen-bond acceptors (Lipinski definition) is 4. The Morgan fingerprint density at radius 1 is 1.56 bits per heavy atom. The number of amides is 1. The molecule has 0 aliphatic heterocycles. The van der Waals surface area contributed by atoms with Crippen LogP contribution in [0.1, 0.15) is 17.7 Å². The highest BCUT2D eigenvalue weighted by atomic mass is 35.5. The second-order valence-corrected chi connectivity index (χ2v) is 5.29. The highest BCUT2D eigenvalue weighted by Gasteiger charge is 2.16. The van der Waals surface area contributed by atoms with Gasteiger partial charge in [0.2, 0.25) is 5.91 Å². The highest BCUT2D eigenvalue weighted by molar-refractivity contribution is 7.09. The molecule has 1 atom stereocenters. The van der Waals surface area contributed by atoms with Gasteiger partial charge in [-0.1, -0.05) is 6.07 Å². The monoisotopic (exact) mass is 289 g/mol. The molecule has 1 amide bonds. The van der Waals surface area contributed by atoms with Gasteiger partial charge in [-0.3, -0.25) is 9.59 Å². The summed E-state index contributed by atoms with van der Waals surface area (Å²) in [5, 5.41) is 3.80. The summed E-state index contributed by atoms with van der Waals surface area (Å²) >= 11 is 7.39. The van der Waals surface area contributed by atoms with Crippen molar-refractivity contribution in [2.24, 2.45) is 0 Å². The van der Waals surface area contributed by atoms with Gasteiger partial charge in [0.1, 0.15) is 5.38 Å². The summed E-state index contributed by atoms with van der Waals surface area (Å²) in [4.78, 5) is 23.7. The fourth-order valence-corrected chi connectivity index (χ4v) is 2.30. The lowest BCUT2D eigenvalue weighted by molar-refractivity contribution is -0.140. The van der Waals surface area contributed by atoms with Crippen LogP contribution in [0, 0.1) is 0 Å². The molecule has 0 aromatic carbocycles. The van der Waals surface area contributed by atoms with Gasteiger partial charge in [0, 0.05) is 17.8 Å². The van der Waals surface area contributed by atoms with E-state index in [1.54, 1.807) is 11.3 Å². The molecular weight excluding hydrogens is 274 g/mol. The molecule has 6 heteroatoms. The molecule has 1 aromatic rings. The lowest BCUT2D eigenvalue weighted by atomic mass is 10.2. The number of hydrogen-bond donors (Lipinski definition) is 1. The number of alkyl halides is 1. The summed E-state index contributed by atoms with van der Waals surface area (Å²) in [5.74, 6) is -0.628. The van der Waals surface area contributed by atoms with E-state index in [4.69, 9.17) is 11.6 Å². The van der Waals surface area contributed by atoms with Crippen LogP contribution in [0.4, 0.5) is 0 Å². The van der Waals surface area contributed by atoms with Crippen molar-refractivity contribution in [2.45, 2.75) is 24.6 Å². The number of carbonyl (C=O) groups is 2. The minimum absolute atomic E-state index is 0.0962. The molecule has 4 nitrogen and oxygen atoms in total. The largest absolute Gasteiger partial charge is 0.468 e. The predicted octanol–water partition coefficient (Wildman–Crippen LogP) is 1.97. The molecule has 0 radical (unpaired) electrons. The second kappa shape index (κ2) is 8.11. The third-order valence-electron chi connectivity index (χ3n) is 2.34. The van der Waals surface area contributed by atoms with E-state index in [-0.39, 0.29) is 12.5 Å². The van der Waals surface area contributed by atoms with E-state index in [9.17, 15) is 9.59 Å². The minimum Gasteiger partial charge on any atom is -0.468 e. The van der Waals surface area contributed by atoms with E-state index in [1.165, 1.54) is 12.0 Å². The van der Waals surface area contributed by atoms with Gasteiger partial charge >= 0.3 is 5.97 Å². The summed E-state index contributed by atoms with van der Waals surface area (Å²) in [5.41, 5.74) is 0. The number of esters is 1. The van der Waals surface area contributed by atoms with Gasteiger partial charge in [-0.15, -0.1) is 22.9 Å². The number of ether oxygens (including phenoxy) is 1. The Hall–Kier alpha value is -1.07. The molecule has 0 aliphatic carbocycles. The zero-order valence-corrected chi connectivity index (χ0v) is 11.7. The SMILES string of the molecule is COC(=O)C(Cl)CNC(=O)CCCc1cccs1. The van der Waals surface area contributed by atoms with Crippen molar-refractivity contribution < 1.29 is 14.3 Å². The third-order valence-corrected chi connectivity index (χ3v) is 3.61. The van der Waals surface area contributed by atoms with Gasteiger partial charge in [-0.05, 0) is 24.3 Å². The average Bonchev–Trinajstić information content (AvgIpc) is 2.88. The Balaban J connectivity index is 2.12. The highest BCUT2D eigenvalue weighted by Crippen LogP contribution is 2.11. The molecule has 0 fully saturated rings. The Morgan fingerprint density at radius 2 is 2.33 bits per heavy atom. The number of nitrogens with one attached hydrogen (secondary N) is 1. The van der Waals surface area contributed by atoms with Gasteiger partial charge in [-0.2, -0.15) is 0 Å². The van der Waals surface area contributed by atoms with Crippen LogP contribution in [0.2, 0.25) is 0 Å². The fourth-order valence-electron chi connectivity index (χ4n) is 1.38. The molecule has 0 saturated heterocycles. The number of thiophene rings is 1. The Morgan fingerprint density at radius 3 is 2.94 bits per heavy atom. The van der Waals surface area contributed by atoms with Crippen LogP contribution in [0.25, 0.3) is 0 Å². The smallest absolute Gasteiger partial charge is 0.325 e. The van der Waals surface area contributed by atoms with E-state index >= 15 is 0 Å². The first-order valence-electron chi connectivity index (χ1n) is 5.64. The normalized spacial score (nSPS) is 11.9. The second-order valence-electron chi connectivity index (χ2n) is 3.73. The number of methoxy groups -OCH3 is 1. The Labute approximate surface area is 115 Å². The third kappa shape index (κ3) is 5.51. The maximum atomic E-state index is 11.5. The summed E-state index contributed by atoms with van der Waals surface area (Å²) in [6, 6.07) is 4.04. The zero-order chi connectivity index (χ0) is 13.4. The van der Waals surface area contributed by atoms with Crippen molar-refractivity contribution in [1.82, 2.24) is 5.32 Å². The number of halogens is 1. The van der Waals surface area contributed by atoms with Gasteiger partial charge in [-0.25, -0.2) is 0 Å². The topological polar surface area (TPSA) is 55.4 Å². The summed E-state index contributed by atoms with van der Waals surface area (Å²) in [7, 11) is 1.26. The molecule has 1 heterocycles. The van der Waals surface area contributed by atoms with Crippen molar-refractivity contribution in [3.8, 4) is 0 Å². The predicted molar refractivity (Wildman–Crippen MR) is 71.9 cm³/mol. The van der Waals surface area contributed by atoms with E-state index in [2.05, 4.69) is 16.1 Å². The van der Waals surface area contributed by atoms with Crippen LogP contribution < -0.4 is 5.32 Å². The molecule has 0 aliphatic rings. The molecule has 1 N–H and O–H groups in total.